The molecule has 6 heteroatoms. The van der Waals surface area contributed by atoms with E-state index >= 15 is 0 Å². The van der Waals surface area contributed by atoms with Crippen molar-refractivity contribution < 1.29 is 4.42 Å². The van der Waals surface area contributed by atoms with Gasteiger partial charge < -0.3 is 4.42 Å². The van der Waals surface area contributed by atoms with E-state index < -0.39 is 0 Å². The minimum Gasteiger partial charge on any atom is -0.457 e. The molecule has 0 radical (unpaired) electrons. The zero-order chi connectivity index (χ0) is 8.55. The molecule has 2 heterocycles. The van der Waals surface area contributed by atoms with Crippen LogP contribution in [0.3, 0.4) is 0 Å². The number of nitrogens with zero attached hydrogens (tertiary/aromatic N) is 2. The molecule has 0 atom stereocenters. The van der Waals surface area contributed by atoms with Crippen LogP contribution in [0.15, 0.2) is 26.1 Å². The highest BCUT2D eigenvalue weighted by atomic mass is 79.9. The molecule has 0 aliphatic rings. The van der Waals surface area contributed by atoms with Gasteiger partial charge in [0, 0.05) is 0 Å². The summed E-state index contributed by atoms with van der Waals surface area (Å²) >= 11 is 7.78. The van der Waals surface area contributed by atoms with Crippen molar-refractivity contribution in [3.05, 3.63) is 21.7 Å². The van der Waals surface area contributed by atoms with Crippen molar-refractivity contribution in [2.45, 2.75) is 0 Å². The number of halogens is 2. The molecular formula is C6H2Br2N2OS. The van der Waals surface area contributed by atoms with Gasteiger partial charge in [-0.3, -0.25) is 0 Å². The number of hydrogen-bond donors (Lipinski definition) is 0. The average molecular weight is 310 g/mol. The highest BCUT2D eigenvalue weighted by molar-refractivity contribution is 9.10. The Morgan fingerprint density at radius 2 is 2.25 bits per heavy atom. The SMILES string of the molecule is Brc1nsc(-c2ccoc2Br)n1. The van der Waals surface area contributed by atoms with Crippen LogP contribution in [0.1, 0.15) is 0 Å². The molecule has 2 rings (SSSR count). The first kappa shape index (κ1) is 8.40. The lowest BCUT2D eigenvalue weighted by molar-refractivity contribution is 0.542. The summed E-state index contributed by atoms with van der Waals surface area (Å²) in [5, 5.41) is 0.836. The first-order valence-corrected chi connectivity index (χ1v) is 5.36. The molecule has 0 aromatic carbocycles. The van der Waals surface area contributed by atoms with Gasteiger partial charge in [-0.05, 0) is 49.5 Å². The van der Waals surface area contributed by atoms with Crippen molar-refractivity contribution >= 4 is 43.4 Å². The third-order valence-electron chi connectivity index (χ3n) is 1.25. The molecule has 0 saturated heterocycles. The molecule has 62 valence electrons. The summed E-state index contributed by atoms with van der Waals surface area (Å²) in [4.78, 5) is 4.15. The molecule has 2 aromatic heterocycles. The summed E-state index contributed by atoms with van der Waals surface area (Å²) in [6, 6.07) is 1.84. The maximum atomic E-state index is 5.07. The maximum Gasteiger partial charge on any atom is 0.209 e. The van der Waals surface area contributed by atoms with Crippen LogP contribution in [0.2, 0.25) is 0 Å². The first-order valence-electron chi connectivity index (χ1n) is 3.00. The van der Waals surface area contributed by atoms with Gasteiger partial charge in [0.25, 0.3) is 0 Å². The number of aromatic nitrogens is 2. The van der Waals surface area contributed by atoms with Crippen molar-refractivity contribution in [3.63, 3.8) is 0 Å². The normalized spacial score (nSPS) is 10.5. The van der Waals surface area contributed by atoms with Gasteiger partial charge in [-0.2, -0.15) is 4.37 Å². The zero-order valence-electron chi connectivity index (χ0n) is 5.62. The Kier molecular flexibility index (Phi) is 2.29. The van der Waals surface area contributed by atoms with Gasteiger partial charge in [0.2, 0.25) is 4.73 Å². The summed E-state index contributed by atoms with van der Waals surface area (Å²) in [5.74, 6) is 0. The fraction of sp³-hybridized carbons (Fsp3) is 0. The highest BCUT2D eigenvalue weighted by Crippen LogP contribution is 2.30. The smallest absolute Gasteiger partial charge is 0.209 e. The van der Waals surface area contributed by atoms with Gasteiger partial charge in [0.1, 0.15) is 5.01 Å². The topological polar surface area (TPSA) is 38.9 Å². The molecule has 2 aromatic rings. The molecule has 0 N–H and O–H groups in total. The van der Waals surface area contributed by atoms with Crippen LogP contribution in [0.4, 0.5) is 0 Å². The van der Waals surface area contributed by atoms with E-state index in [9.17, 15) is 0 Å². The van der Waals surface area contributed by atoms with Crippen molar-refractivity contribution in [3.8, 4) is 10.6 Å². The van der Waals surface area contributed by atoms with E-state index in [1.165, 1.54) is 11.5 Å². The first-order chi connectivity index (χ1) is 5.77. The van der Waals surface area contributed by atoms with Crippen molar-refractivity contribution in [2.75, 3.05) is 0 Å². The Balaban J connectivity index is 2.50. The second-order valence-corrected chi connectivity index (χ2v) is 4.16. The van der Waals surface area contributed by atoms with Crippen LogP contribution in [-0.4, -0.2) is 9.36 Å². The fourth-order valence-electron chi connectivity index (χ4n) is 0.761. The Bertz CT molecular complexity index is 398. The number of rotatable bonds is 1. The average Bonchev–Trinajstić information content (AvgIpc) is 2.58. The van der Waals surface area contributed by atoms with Gasteiger partial charge >= 0.3 is 0 Å². The summed E-state index contributed by atoms with van der Waals surface area (Å²) < 4.78 is 10.4. The van der Waals surface area contributed by atoms with Crippen molar-refractivity contribution in [1.29, 1.82) is 0 Å². The minimum atomic E-state index is 0.607. The van der Waals surface area contributed by atoms with Crippen LogP contribution in [0.25, 0.3) is 10.6 Å². The Labute approximate surface area is 89.2 Å². The van der Waals surface area contributed by atoms with E-state index in [1.54, 1.807) is 6.26 Å². The molecule has 0 spiro atoms. The number of furan rings is 1. The van der Waals surface area contributed by atoms with Gasteiger partial charge in [-0.1, -0.05) is 0 Å². The molecule has 0 amide bonds. The predicted molar refractivity (Wildman–Crippen MR) is 53.0 cm³/mol. The van der Waals surface area contributed by atoms with Crippen LogP contribution >= 0.6 is 43.4 Å². The molecule has 0 aliphatic carbocycles. The minimum absolute atomic E-state index is 0.607. The molecule has 12 heavy (non-hydrogen) atoms. The molecule has 0 fully saturated rings. The predicted octanol–water partition coefficient (Wildman–Crippen LogP) is 3.32. The van der Waals surface area contributed by atoms with E-state index in [0.29, 0.717) is 9.40 Å². The maximum absolute atomic E-state index is 5.07. The Hall–Kier alpha value is -0.200. The third-order valence-corrected chi connectivity index (χ3v) is 3.20. The highest BCUT2D eigenvalue weighted by Gasteiger charge is 2.10. The second kappa shape index (κ2) is 3.27. The van der Waals surface area contributed by atoms with Gasteiger partial charge in [0.15, 0.2) is 4.67 Å². The van der Waals surface area contributed by atoms with E-state index in [4.69, 9.17) is 4.42 Å². The van der Waals surface area contributed by atoms with Gasteiger partial charge in [0.05, 0.1) is 11.8 Å². The fourth-order valence-corrected chi connectivity index (χ4v) is 2.42. The Morgan fingerprint density at radius 1 is 1.42 bits per heavy atom. The molecule has 3 nitrogen and oxygen atoms in total. The molecule has 0 aliphatic heterocycles. The quantitative estimate of drug-likeness (QED) is 0.811. The largest absolute Gasteiger partial charge is 0.457 e. The van der Waals surface area contributed by atoms with Crippen molar-refractivity contribution in [1.82, 2.24) is 9.36 Å². The number of hydrogen-bond acceptors (Lipinski definition) is 4. The van der Waals surface area contributed by atoms with E-state index in [-0.39, 0.29) is 0 Å². The van der Waals surface area contributed by atoms with Crippen LogP contribution < -0.4 is 0 Å². The zero-order valence-corrected chi connectivity index (χ0v) is 9.61. The van der Waals surface area contributed by atoms with Crippen LogP contribution in [0, 0.1) is 0 Å². The van der Waals surface area contributed by atoms with Gasteiger partial charge in [-0.25, -0.2) is 4.98 Å². The van der Waals surface area contributed by atoms with Crippen LogP contribution in [0.5, 0.6) is 0 Å². The Morgan fingerprint density at radius 3 is 2.75 bits per heavy atom. The molecule has 0 bridgehead atoms. The standard InChI is InChI=1S/C6H2Br2N2OS/c7-4-3(1-2-11-4)5-9-6(8)10-12-5/h1-2H. The van der Waals surface area contributed by atoms with Crippen molar-refractivity contribution in [2.24, 2.45) is 0 Å². The molecule has 0 unspecified atom stereocenters. The van der Waals surface area contributed by atoms with Gasteiger partial charge in [-0.15, -0.1) is 0 Å². The van der Waals surface area contributed by atoms with E-state index in [0.717, 1.165) is 10.6 Å². The monoisotopic (exact) mass is 308 g/mol. The summed E-state index contributed by atoms with van der Waals surface area (Å²) in [6.45, 7) is 0. The lowest BCUT2D eigenvalue weighted by atomic mass is 10.4. The molecule has 0 saturated carbocycles. The van der Waals surface area contributed by atoms with E-state index in [2.05, 4.69) is 41.2 Å². The second-order valence-electron chi connectivity index (χ2n) is 1.98. The van der Waals surface area contributed by atoms with Crippen LogP contribution in [-0.2, 0) is 0 Å². The molecular weight excluding hydrogens is 308 g/mol. The lowest BCUT2D eigenvalue weighted by Gasteiger charge is -1.86. The lowest BCUT2D eigenvalue weighted by Crippen LogP contribution is -1.71. The summed E-state index contributed by atoms with van der Waals surface area (Å²) in [5.41, 5.74) is 0.929. The summed E-state index contributed by atoms with van der Waals surface area (Å²) in [7, 11) is 0. The van der Waals surface area contributed by atoms with E-state index in [1.807, 2.05) is 6.07 Å². The summed E-state index contributed by atoms with van der Waals surface area (Å²) in [6.07, 6.45) is 1.61. The third kappa shape index (κ3) is 1.46.